The molecule has 5 heterocycles. The summed E-state index contributed by atoms with van der Waals surface area (Å²) in [4.78, 5) is 21.5. The zero-order chi connectivity index (χ0) is 21.2. The quantitative estimate of drug-likeness (QED) is 0.400. The maximum Gasteiger partial charge on any atom is 0.352 e. The van der Waals surface area contributed by atoms with E-state index in [9.17, 15) is 4.79 Å². The lowest BCUT2D eigenvalue weighted by Crippen LogP contribution is -2.31. The predicted molar refractivity (Wildman–Crippen MR) is 124 cm³/mol. The number of ether oxygens (including phenoxy) is 1. The molecule has 0 saturated heterocycles. The normalized spacial score (nSPS) is 15.5. The van der Waals surface area contributed by atoms with E-state index in [2.05, 4.69) is 18.9 Å². The maximum absolute atomic E-state index is 13.6. The van der Waals surface area contributed by atoms with Crippen molar-refractivity contribution in [3.8, 4) is 10.7 Å². The number of hydrogen-bond acceptors (Lipinski definition) is 6. The topological polar surface area (TPSA) is 61.4 Å². The molecule has 0 unspecified atom stereocenters. The van der Waals surface area contributed by atoms with E-state index in [0.717, 1.165) is 27.1 Å². The van der Waals surface area contributed by atoms with Crippen LogP contribution in [0.4, 0.5) is 0 Å². The average molecular weight is 449 g/mol. The third-order valence-corrected chi connectivity index (χ3v) is 7.78. The van der Waals surface area contributed by atoms with Gasteiger partial charge in [-0.25, -0.2) is 9.78 Å². The van der Waals surface area contributed by atoms with Crippen LogP contribution in [0.2, 0.25) is 0 Å². The molecule has 0 aliphatic carbocycles. The third-order valence-electron chi connectivity index (χ3n) is 5.68. The first-order valence-electron chi connectivity index (χ1n) is 10.2. The molecular formula is C23H20N4O2S2. The van der Waals surface area contributed by atoms with E-state index in [4.69, 9.17) is 9.72 Å². The largest absolute Gasteiger partial charge is 0.370 e. The van der Waals surface area contributed by atoms with Gasteiger partial charge in [0.05, 0.1) is 29.0 Å². The molecule has 0 radical (unpaired) electrons. The zero-order valence-electron chi connectivity index (χ0n) is 17.2. The number of nitrogens with zero attached hydrogens (tertiary/aromatic N) is 4. The van der Waals surface area contributed by atoms with Gasteiger partial charge in [0.15, 0.2) is 11.5 Å². The molecule has 0 amide bonds. The van der Waals surface area contributed by atoms with Crippen molar-refractivity contribution >= 4 is 38.5 Å². The van der Waals surface area contributed by atoms with E-state index in [-0.39, 0.29) is 11.3 Å². The van der Waals surface area contributed by atoms with Crippen molar-refractivity contribution in [3.05, 3.63) is 74.3 Å². The highest BCUT2D eigenvalue weighted by atomic mass is 32.1. The van der Waals surface area contributed by atoms with Gasteiger partial charge in [-0.15, -0.1) is 27.8 Å². The second-order valence-corrected chi connectivity index (χ2v) is 10.4. The van der Waals surface area contributed by atoms with Crippen LogP contribution in [0.1, 0.15) is 29.9 Å². The molecule has 0 atom stereocenters. The van der Waals surface area contributed by atoms with E-state index >= 15 is 0 Å². The Labute approximate surface area is 186 Å². The monoisotopic (exact) mass is 448 g/mol. The van der Waals surface area contributed by atoms with E-state index < -0.39 is 0 Å². The number of benzene rings is 1. The fourth-order valence-corrected chi connectivity index (χ4v) is 6.05. The Morgan fingerprint density at radius 1 is 1.16 bits per heavy atom. The minimum Gasteiger partial charge on any atom is -0.370 e. The highest BCUT2D eigenvalue weighted by Crippen LogP contribution is 2.40. The molecular weight excluding hydrogens is 428 g/mol. The van der Waals surface area contributed by atoms with Crippen molar-refractivity contribution < 1.29 is 4.74 Å². The lowest BCUT2D eigenvalue weighted by molar-refractivity contribution is -0.0379. The van der Waals surface area contributed by atoms with Crippen molar-refractivity contribution in [3.63, 3.8) is 0 Å². The van der Waals surface area contributed by atoms with Crippen LogP contribution < -0.4 is 5.69 Å². The van der Waals surface area contributed by atoms with Gasteiger partial charge < -0.3 is 4.74 Å². The van der Waals surface area contributed by atoms with Crippen molar-refractivity contribution in [1.29, 1.82) is 0 Å². The smallest absolute Gasteiger partial charge is 0.352 e. The minimum absolute atomic E-state index is 0.166. The summed E-state index contributed by atoms with van der Waals surface area (Å²) in [5.74, 6) is 0.595. The molecule has 6 rings (SSSR count). The predicted octanol–water partition coefficient (Wildman–Crippen LogP) is 4.73. The van der Waals surface area contributed by atoms with Crippen molar-refractivity contribution in [2.24, 2.45) is 0 Å². The summed E-state index contributed by atoms with van der Waals surface area (Å²) >= 11 is 3.22. The van der Waals surface area contributed by atoms with Crippen LogP contribution in [0.5, 0.6) is 0 Å². The fourth-order valence-electron chi connectivity index (χ4n) is 4.18. The Kier molecular flexibility index (Phi) is 4.18. The van der Waals surface area contributed by atoms with Crippen LogP contribution in [-0.2, 0) is 24.3 Å². The van der Waals surface area contributed by atoms with E-state index in [1.165, 1.54) is 15.0 Å². The van der Waals surface area contributed by atoms with Gasteiger partial charge >= 0.3 is 5.69 Å². The molecule has 1 aliphatic heterocycles. The maximum atomic E-state index is 13.6. The first kappa shape index (κ1) is 18.9. The molecule has 0 fully saturated rings. The Balaban J connectivity index is 1.68. The molecule has 0 N–H and O–H groups in total. The summed E-state index contributed by atoms with van der Waals surface area (Å²) < 4.78 is 9.38. The van der Waals surface area contributed by atoms with E-state index in [1.54, 1.807) is 22.7 Å². The van der Waals surface area contributed by atoms with Crippen molar-refractivity contribution in [2.75, 3.05) is 0 Å². The Morgan fingerprint density at radius 2 is 2.00 bits per heavy atom. The lowest BCUT2D eigenvalue weighted by atomic mass is 9.94. The molecule has 0 spiro atoms. The Hall–Kier alpha value is -2.81. The highest BCUT2D eigenvalue weighted by molar-refractivity contribution is 7.19. The highest BCUT2D eigenvalue weighted by Gasteiger charge is 2.32. The summed E-state index contributed by atoms with van der Waals surface area (Å²) in [6.07, 6.45) is 0.780. The van der Waals surface area contributed by atoms with E-state index in [0.29, 0.717) is 24.6 Å². The molecule has 6 nitrogen and oxygen atoms in total. The van der Waals surface area contributed by atoms with Crippen LogP contribution in [-0.4, -0.2) is 24.8 Å². The molecule has 4 aromatic heterocycles. The molecule has 31 heavy (non-hydrogen) atoms. The van der Waals surface area contributed by atoms with Crippen molar-refractivity contribution in [2.45, 2.75) is 39.0 Å². The standard InChI is InChI=1S/C23H20N4O2S2/c1-23(2)11-15-17(13-29-23)31-21-18(15)20-24-19(16-9-6-10-30-16)25-27(20)22(28)26(21)12-14-7-4-3-5-8-14/h3-10H,11-13H2,1-2H3. The second kappa shape index (κ2) is 6.85. The molecule has 156 valence electrons. The van der Waals surface area contributed by atoms with Gasteiger partial charge in [0.1, 0.15) is 4.83 Å². The average Bonchev–Trinajstić information content (AvgIpc) is 3.48. The zero-order valence-corrected chi connectivity index (χ0v) is 18.8. The van der Waals surface area contributed by atoms with Gasteiger partial charge in [0, 0.05) is 11.3 Å². The summed E-state index contributed by atoms with van der Waals surface area (Å²) in [6, 6.07) is 14.0. The fraction of sp³-hybridized carbons (Fsp3) is 0.261. The summed E-state index contributed by atoms with van der Waals surface area (Å²) in [5, 5.41) is 7.65. The van der Waals surface area contributed by atoms with Crippen LogP contribution >= 0.6 is 22.7 Å². The van der Waals surface area contributed by atoms with Crippen LogP contribution in [0.25, 0.3) is 26.6 Å². The summed E-state index contributed by atoms with van der Waals surface area (Å²) in [6.45, 7) is 5.26. The SMILES string of the molecule is CC1(C)Cc2c(sc3c2c2nc(-c4cccs4)nn2c(=O)n3Cc2ccccc2)CO1. The Bertz CT molecular complexity index is 1480. The number of rotatable bonds is 3. The number of hydrogen-bond donors (Lipinski definition) is 0. The first-order chi connectivity index (χ1) is 15.0. The van der Waals surface area contributed by atoms with Gasteiger partial charge in [-0.2, -0.15) is 4.52 Å². The van der Waals surface area contributed by atoms with Crippen molar-refractivity contribution in [1.82, 2.24) is 19.2 Å². The number of thiophene rings is 2. The second-order valence-electron chi connectivity index (χ2n) is 8.41. The van der Waals surface area contributed by atoms with Gasteiger partial charge in [-0.3, -0.25) is 4.57 Å². The van der Waals surface area contributed by atoms with Gasteiger partial charge in [0.2, 0.25) is 0 Å². The molecule has 8 heteroatoms. The third kappa shape index (κ3) is 3.05. The van der Waals surface area contributed by atoms with Gasteiger partial charge in [-0.1, -0.05) is 36.4 Å². The van der Waals surface area contributed by atoms with Crippen LogP contribution in [0.15, 0.2) is 52.6 Å². The van der Waals surface area contributed by atoms with Gasteiger partial charge in [-0.05, 0) is 36.4 Å². The molecule has 1 aliphatic rings. The summed E-state index contributed by atoms with van der Waals surface area (Å²) in [5.41, 5.74) is 2.53. The molecule has 0 bridgehead atoms. The molecule has 1 aromatic carbocycles. The molecule has 5 aromatic rings. The first-order valence-corrected chi connectivity index (χ1v) is 11.9. The number of fused-ring (bicyclic) bond motifs is 5. The molecule has 0 saturated carbocycles. The lowest BCUT2D eigenvalue weighted by Gasteiger charge is -2.30. The van der Waals surface area contributed by atoms with Crippen LogP contribution in [0, 0.1) is 0 Å². The number of aromatic nitrogens is 4. The minimum atomic E-state index is -0.255. The van der Waals surface area contributed by atoms with E-state index in [1.807, 2.05) is 52.4 Å². The van der Waals surface area contributed by atoms with Crippen LogP contribution in [0.3, 0.4) is 0 Å². The Morgan fingerprint density at radius 3 is 2.77 bits per heavy atom. The summed E-state index contributed by atoms with van der Waals surface area (Å²) in [7, 11) is 0. The van der Waals surface area contributed by atoms with Gasteiger partial charge in [0.25, 0.3) is 0 Å².